The number of hydrogen-bond donors (Lipinski definition) is 0. The number of aryl methyl sites for hydroxylation is 1. The van der Waals surface area contributed by atoms with Crippen LogP contribution in [0.1, 0.15) is 32.7 Å². The van der Waals surface area contributed by atoms with Gasteiger partial charge in [0, 0.05) is 17.1 Å². The molecule has 0 atom stereocenters. The highest BCUT2D eigenvalue weighted by Gasteiger charge is 2.35. The minimum atomic E-state index is -0.835. The number of rotatable bonds is 7. The van der Waals surface area contributed by atoms with Crippen LogP contribution in [0.4, 0.5) is 0 Å². The molecule has 0 spiro atoms. The van der Waals surface area contributed by atoms with E-state index in [-0.39, 0.29) is 46.6 Å². The number of halogens is 1. The first-order valence-corrected chi connectivity index (χ1v) is 12.3. The van der Waals surface area contributed by atoms with Gasteiger partial charge in [0.05, 0.1) is 37.2 Å². The topological polar surface area (TPSA) is 112 Å². The summed E-state index contributed by atoms with van der Waals surface area (Å²) in [6.45, 7) is 1.55. The minimum Gasteiger partial charge on any atom is -0.493 e. The Bertz CT molecular complexity index is 1690. The first-order valence-electron chi connectivity index (χ1n) is 11.9. The standard InChI is InChI=1S/C29H22ClNO8/c1-15-12-22-19(14-20(15)30)25(33)27(26(38-22)16-8-9-21(36-2)23(13-16)37-3)39-24(32)10-11-31-28(34)17-6-4-5-7-18(17)29(31)35/h4-9,12-14H,10-11H2,1-3H3. The van der Waals surface area contributed by atoms with E-state index in [9.17, 15) is 19.2 Å². The molecule has 39 heavy (non-hydrogen) atoms. The number of carbonyl (C=O) groups excluding carboxylic acids is 3. The van der Waals surface area contributed by atoms with Crippen molar-refractivity contribution in [3.63, 3.8) is 0 Å². The van der Waals surface area contributed by atoms with Crippen molar-refractivity contribution < 1.29 is 33.0 Å². The van der Waals surface area contributed by atoms with Crippen molar-refractivity contribution in [1.29, 1.82) is 0 Å². The van der Waals surface area contributed by atoms with Crippen LogP contribution in [-0.4, -0.2) is 43.4 Å². The average molecular weight is 548 g/mol. The van der Waals surface area contributed by atoms with Gasteiger partial charge in [0.15, 0.2) is 17.3 Å². The zero-order valence-electron chi connectivity index (χ0n) is 21.2. The molecule has 9 nitrogen and oxygen atoms in total. The third kappa shape index (κ3) is 4.61. The highest BCUT2D eigenvalue weighted by molar-refractivity contribution is 6.32. The van der Waals surface area contributed by atoms with Crippen molar-refractivity contribution in [2.75, 3.05) is 20.8 Å². The Hall–Kier alpha value is -4.63. The van der Waals surface area contributed by atoms with Crippen LogP contribution in [0, 0.1) is 6.92 Å². The van der Waals surface area contributed by atoms with E-state index < -0.39 is 23.2 Å². The third-order valence-corrected chi connectivity index (χ3v) is 6.82. The Morgan fingerprint density at radius 2 is 1.59 bits per heavy atom. The lowest BCUT2D eigenvalue weighted by Gasteiger charge is -2.15. The van der Waals surface area contributed by atoms with Crippen molar-refractivity contribution in [2.24, 2.45) is 0 Å². The molecule has 0 radical (unpaired) electrons. The number of imide groups is 1. The number of amides is 2. The van der Waals surface area contributed by atoms with E-state index in [0.717, 1.165) is 4.90 Å². The predicted molar refractivity (Wildman–Crippen MR) is 143 cm³/mol. The zero-order valence-corrected chi connectivity index (χ0v) is 22.0. The first-order chi connectivity index (χ1) is 18.7. The van der Waals surface area contributed by atoms with Gasteiger partial charge in [-0.05, 0) is 55.0 Å². The first kappa shape index (κ1) is 26.0. The van der Waals surface area contributed by atoms with Gasteiger partial charge in [-0.15, -0.1) is 0 Å². The lowest BCUT2D eigenvalue weighted by atomic mass is 10.1. The third-order valence-electron chi connectivity index (χ3n) is 6.41. The second-order valence-corrected chi connectivity index (χ2v) is 9.20. The normalized spacial score (nSPS) is 12.6. The van der Waals surface area contributed by atoms with E-state index in [1.165, 1.54) is 20.3 Å². The van der Waals surface area contributed by atoms with Gasteiger partial charge in [0.1, 0.15) is 5.58 Å². The van der Waals surface area contributed by atoms with Crippen LogP contribution in [0.15, 0.2) is 63.8 Å². The molecule has 1 aromatic heterocycles. The molecule has 0 saturated carbocycles. The lowest BCUT2D eigenvalue weighted by Crippen LogP contribution is -2.32. The lowest BCUT2D eigenvalue weighted by molar-refractivity contribution is -0.134. The van der Waals surface area contributed by atoms with Gasteiger partial charge in [0.2, 0.25) is 11.2 Å². The SMILES string of the molecule is COc1ccc(-c2oc3cc(C)c(Cl)cc3c(=O)c2OC(=O)CCN2C(=O)c3ccccc3C2=O)cc1OC. The van der Waals surface area contributed by atoms with Gasteiger partial charge in [-0.2, -0.15) is 0 Å². The van der Waals surface area contributed by atoms with Crippen molar-refractivity contribution >= 4 is 40.4 Å². The van der Waals surface area contributed by atoms with Crippen LogP contribution in [0.3, 0.4) is 0 Å². The largest absolute Gasteiger partial charge is 0.493 e. The van der Waals surface area contributed by atoms with Crippen LogP contribution in [0.2, 0.25) is 5.02 Å². The molecular formula is C29H22ClNO8. The maximum atomic E-state index is 13.5. The van der Waals surface area contributed by atoms with Crippen molar-refractivity contribution in [3.8, 4) is 28.6 Å². The number of nitrogens with zero attached hydrogens (tertiary/aromatic N) is 1. The molecule has 198 valence electrons. The summed E-state index contributed by atoms with van der Waals surface area (Å²) in [4.78, 5) is 52.8. The Kier molecular flexibility index (Phi) is 6.84. The van der Waals surface area contributed by atoms with E-state index in [2.05, 4.69) is 0 Å². The number of hydrogen-bond acceptors (Lipinski definition) is 8. The Labute approximate surface area is 227 Å². The number of methoxy groups -OCH3 is 2. The highest BCUT2D eigenvalue weighted by Crippen LogP contribution is 2.37. The monoisotopic (exact) mass is 547 g/mol. The van der Waals surface area contributed by atoms with Gasteiger partial charge >= 0.3 is 5.97 Å². The molecule has 3 aromatic carbocycles. The van der Waals surface area contributed by atoms with Gasteiger partial charge in [-0.1, -0.05) is 23.7 Å². The smallest absolute Gasteiger partial charge is 0.313 e. The summed E-state index contributed by atoms with van der Waals surface area (Å²) in [7, 11) is 2.95. The summed E-state index contributed by atoms with van der Waals surface area (Å²) in [6, 6.07) is 14.3. The van der Waals surface area contributed by atoms with Gasteiger partial charge in [-0.3, -0.25) is 24.1 Å². The maximum absolute atomic E-state index is 13.5. The number of benzene rings is 3. The molecule has 0 aliphatic carbocycles. The maximum Gasteiger partial charge on any atom is 0.313 e. The summed E-state index contributed by atoms with van der Waals surface area (Å²) < 4.78 is 22.3. The predicted octanol–water partition coefficient (Wildman–Crippen LogP) is 5.03. The second kappa shape index (κ2) is 10.3. The summed E-state index contributed by atoms with van der Waals surface area (Å²) in [5.41, 5.74) is 1.26. The van der Waals surface area contributed by atoms with Crippen LogP contribution in [0.25, 0.3) is 22.3 Å². The van der Waals surface area contributed by atoms with Crippen LogP contribution >= 0.6 is 11.6 Å². The summed E-state index contributed by atoms with van der Waals surface area (Å²) in [5.74, 6) is -1.38. The molecule has 1 aliphatic rings. The fourth-order valence-electron chi connectivity index (χ4n) is 4.37. The molecule has 0 unspecified atom stereocenters. The highest BCUT2D eigenvalue weighted by atomic mass is 35.5. The fraction of sp³-hybridized carbons (Fsp3) is 0.172. The van der Waals surface area contributed by atoms with Crippen molar-refractivity contribution in [1.82, 2.24) is 4.90 Å². The van der Waals surface area contributed by atoms with E-state index >= 15 is 0 Å². The number of carbonyl (C=O) groups is 3. The molecule has 0 saturated heterocycles. The summed E-state index contributed by atoms with van der Waals surface area (Å²) in [5, 5.41) is 0.467. The molecule has 4 aromatic rings. The molecule has 0 bridgehead atoms. The molecule has 2 amide bonds. The Morgan fingerprint density at radius 3 is 2.23 bits per heavy atom. The molecule has 10 heteroatoms. The Balaban J connectivity index is 1.50. The minimum absolute atomic E-state index is 0.00995. The number of ether oxygens (including phenoxy) is 3. The molecule has 2 heterocycles. The van der Waals surface area contributed by atoms with Gasteiger partial charge in [-0.25, -0.2) is 0 Å². The summed E-state index contributed by atoms with van der Waals surface area (Å²) in [6.07, 6.45) is -0.344. The fourth-order valence-corrected chi connectivity index (χ4v) is 4.53. The summed E-state index contributed by atoms with van der Waals surface area (Å²) >= 11 is 6.25. The number of esters is 1. The molecule has 5 rings (SSSR count). The van der Waals surface area contributed by atoms with Gasteiger partial charge < -0.3 is 18.6 Å². The second-order valence-electron chi connectivity index (χ2n) is 8.79. The molecule has 1 aliphatic heterocycles. The van der Waals surface area contributed by atoms with E-state index in [1.807, 2.05) is 0 Å². The van der Waals surface area contributed by atoms with E-state index in [1.54, 1.807) is 55.5 Å². The molecule has 0 fully saturated rings. The zero-order chi connectivity index (χ0) is 27.8. The van der Waals surface area contributed by atoms with Gasteiger partial charge in [0.25, 0.3) is 11.8 Å². The van der Waals surface area contributed by atoms with E-state index in [4.69, 9.17) is 30.2 Å². The molecular weight excluding hydrogens is 526 g/mol. The van der Waals surface area contributed by atoms with Crippen LogP contribution in [0.5, 0.6) is 17.2 Å². The van der Waals surface area contributed by atoms with Crippen LogP contribution < -0.4 is 19.6 Å². The van der Waals surface area contributed by atoms with Crippen LogP contribution in [-0.2, 0) is 4.79 Å². The molecule has 0 N–H and O–H groups in total. The Morgan fingerprint density at radius 1 is 0.923 bits per heavy atom. The number of fused-ring (bicyclic) bond motifs is 2. The average Bonchev–Trinajstić information content (AvgIpc) is 3.18. The van der Waals surface area contributed by atoms with E-state index in [0.29, 0.717) is 27.6 Å². The quantitative estimate of drug-likeness (QED) is 0.234. The van der Waals surface area contributed by atoms with Crippen molar-refractivity contribution in [3.05, 3.63) is 86.5 Å². The van der Waals surface area contributed by atoms with Crippen molar-refractivity contribution in [2.45, 2.75) is 13.3 Å².